The Balaban J connectivity index is 1.54. The smallest absolute Gasteiger partial charge is 0.211 e. The predicted molar refractivity (Wildman–Crippen MR) is 93.0 cm³/mol. The van der Waals surface area contributed by atoms with Crippen LogP contribution in [0.1, 0.15) is 38.2 Å². The van der Waals surface area contributed by atoms with Crippen molar-refractivity contribution in [3.63, 3.8) is 0 Å². The van der Waals surface area contributed by atoms with Crippen LogP contribution in [0.2, 0.25) is 0 Å². The molecule has 6 nitrogen and oxygen atoms in total. The molecule has 2 fully saturated rings. The fraction of sp³-hybridized carbons (Fsp3) is 0.706. The van der Waals surface area contributed by atoms with E-state index in [2.05, 4.69) is 26.7 Å². The third-order valence-corrected chi connectivity index (χ3v) is 6.40. The number of sulfonamides is 1. The first-order valence-electron chi connectivity index (χ1n) is 8.77. The third kappa shape index (κ3) is 4.53. The van der Waals surface area contributed by atoms with Crippen molar-refractivity contribution in [3.8, 4) is 0 Å². The first-order valence-corrected chi connectivity index (χ1v) is 10.4. The Kier molecular flexibility index (Phi) is 5.54. The molecule has 1 spiro atoms. The van der Waals surface area contributed by atoms with Crippen molar-refractivity contribution in [3.05, 3.63) is 30.1 Å². The molecule has 0 bridgehead atoms. The van der Waals surface area contributed by atoms with Gasteiger partial charge < -0.3 is 4.74 Å². The van der Waals surface area contributed by atoms with E-state index in [-0.39, 0.29) is 17.5 Å². The van der Waals surface area contributed by atoms with E-state index >= 15 is 0 Å². The summed E-state index contributed by atoms with van der Waals surface area (Å²) < 4.78 is 32.3. The van der Waals surface area contributed by atoms with E-state index in [0.29, 0.717) is 6.54 Å². The summed E-state index contributed by atoms with van der Waals surface area (Å²) in [5, 5.41) is 0. The maximum absolute atomic E-state index is 11.6. The second kappa shape index (κ2) is 7.47. The number of nitrogens with zero attached hydrogens (tertiary/aromatic N) is 2. The number of nitrogens with one attached hydrogen (secondary N) is 1. The van der Waals surface area contributed by atoms with E-state index in [1.807, 2.05) is 12.4 Å². The number of rotatable bonds is 6. The van der Waals surface area contributed by atoms with Gasteiger partial charge in [0.25, 0.3) is 0 Å². The average molecular weight is 353 g/mol. The van der Waals surface area contributed by atoms with Crippen molar-refractivity contribution in [1.82, 2.24) is 14.6 Å². The molecule has 2 saturated heterocycles. The number of hydrogen-bond donors (Lipinski definition) is 1. The minimum absolute atomic E-state index is 0.0130. The number of ether oxygens (including phenoxy) is 1. The van der Waals surface area contributed by atoms with Crippen molar-refractivity contribution < 1.29 is 13.2 Å². The van der Waals surface area contributed by atoms with E-state index in [1.165, 1.54) is 5.56 Å². The topological polar surface area (TPSA) is 71.5 Å². The summed E-state index contributed by atoms with van der Waals surface area (Å²) in [4.78, 5) is 6.49. The molecule has 3 rings (SSSR count). The van der Waals surface area contributed by atoms with Crippen LogP contribution >= 0.6 is 0 Å². The Morgan fingerprint density at radius 2 is 2.17 bits per heavy atom. The molecule has 24 heavy (non-hydrogen) atoms. The minimum atomic E-state index is -3.15. The lowest BCUT2D eigenvalue weighted by molar-refractivity contribution is -0.118. The van der Waals surface area contributed by atoms with Gasteiger partial charge in [0.2, 0.25) is 10.0 Å². The lowest BCUT2D eigenvalue weighted by atomic mass is 9.90. The van der Waals surface area contributed by atoms with Crippen LogP contribution in [-0.2, 0) is 21.3 Å². The minimum Gasteiger partial charge on any atom is -0.369 e. The summed E-state index contributed by atoms with van der Waals surface area (Å²) in [5.41, 5.74) is 1.17. The lowest BCUT2D eigenvalue weighted by Crippen LogP contribution is -2.46. The Labute approximate surface area is 144 Å². The summed E-state index contributed by atoms with van der Waals surface area (Å²) in [6.45, 7) is 4.91. The highest BCUT2D eigenvalue weighted by Crippen LogP contribution is 2.37. The highest BCUT2D eigenvalue weighted by atomic mass is 32.2. The summed E-state index contributed by atoms with van der Waals surface area (Å²) in [6, 6.07) is 4.10. The van der Waals surface area contributed by atoms with E-state index in [4.69, 9.17) is 4.74 Å². The van der Waals surface area contributed by atoms with Crippen molar-refractivity contribution in [2.45, 2.75) is 50.9 Å². The number of aromatic nitrogens is 1. The van der Waals surface area contributed by atoms with Gasteiger partial charge in [-0.3, -0.25) is 9.88 Å². The Bertz CT molecular complexity index is 638. The van der Waals surface area contributed by atoms with Gasteiger partial charge in [0.05, 0.1) is 17.5 Å². The van der Waals surface area contributed by atoms with E-state index in [1.54, 1.807) is 6.92 Å². The highest BCUT2D eigenvalue weighted by molar-refractivity contribution is 7.89. The van der Waals surface area contributed by atoms with Crippen LogP contribution < -0.4 is 4.72 Å². The molecular weight excluding hydrogens is 326 g/mol. The zero-order valence-electron chi connectivity index (χ0n) is 14.3. The Morgan fingerprint density at radius 1 is 1.38 bits per heavy atom. The van der Waals surface area contributed by atoms with Crippen LogP contribution in [0, 0.1) is 0 Å². The van der Waals surface area contributed by atoms with Gasteiger partial charge in [0, 0.05) is 38.6 Å². The molecule has 0 saturated carbocycles. The second-order valence-electron chi connectivity index (χ2n) is 6.88. The first-order chi connectivity index (χ1) is 11.5. The highest BCUT2D eigenvalue weighted by Gasteiger charge is 2.42. The van der Waals surface area contributed by atoms with Gasteiger partial charge in [-0.2, -0.15) is 0 Å². The standard InChI is InChI=1S/C17H27N3O3S/c1-2-24(21,22)19-12-16-4-3-7-17(23-16)8-11-20(14-17)13-15-5-9-18-10-6-15/h5-6,9-10,16,19H,2-4,7-8,11-14H2,1H3/t16-,17-/m1/s1. The Hall–Kier alpha value is -1.02. The van der Waals surface area contributed by atoms with Crippen LogP contribution in [0.15, 0.2) is 24.5 Å². The molecule has 7 heteroatoms. The molecule has 0 amide bonds. The molecule has 0 unspecified atom stereocenters. The van der Waals surface area contributed by atoms with E-state index in [9.17, 15) is 8.42 Å². The molecule has 0 aromatic carbocycles. The van der Waals surface area contributed by atoms with Crippen molar-refractivity contribution in [2.75, 3.05) is 25.4 Å². The molecule has 2 atom stereocenters. The second-order valence-corrected chi connectivity index (χ2v) is 8.98. The zero-order valence-corrected chi connectivity index (χ0v) is 15.1. The summed E-state index contributed by atoms with van der Waals surface area (Å²) in [5.74, 6) is 0.116. The third-order valence-electron chi connectivity index (χ3n) is 5.04. The fourth-order valence-electron chi connectivity index (χ4n) is 3.70. The zero-order chi connectivity index (χ0) is 17.0. The number of hydrogen-bond acceptors (Lipinski definition) is 5. The van der Waals surface area contributed by atoms with E-state index < -0.39 is 10.0 Å². The van der Waals surface area contributed by atoms with Crippen molar-refractivity contribution in [1.29, 1.82) is 0 Å². The van der Waals surface area contributed by atoms with Gasteiger partial charge in [0.1, 0.15) is 0 Å². The monoisotopic (exact) mass is 353 g/mol. The molecule has 0 radical (unpaired) electrons. The van der Waals surface area contributed by atoms with Gasteiger partial charge >= 0.3 is 0 Å². The van der Waals surface area contributed by atoms with Crippen LogP contribution in [0.4, 0.5) is 0 Å². The first kappa shape index (κ1) is 17.8. The van der Waals surface area contributed by atoms with Crippen LogP contribution in [0.5, 0.6) is 0 Å². The van der Waals surface area contributed by atoms with Crippen LogP contribution in [0.25, 0.3) is 0 Å². The van der Waals surface area contributed by atoms with Gasteiger partial charge in [-0.25, -0.2) is 13.1 Å². The normalized spacial score (nSPS) is 28.5. The van der Waals surface area contributed by atoms with Crippen molar-refractivity contribution in [2.24, 2.45) is 0 Å². The average Bonchev–Trinajstić information content (AvgIpc) is 2.96. The van der Waals surface area contributed by atoms with Crippen LogP contribution in [-0.4, -0.2) is 55.4 Å². The SMILES string of the molecule is CCS(=O)(=O)NC[C@H]1CCC[C@]2(CCN(Cc3ccncc3)C2)O1. The molecule has 1 aromatic heterocycles. The maximum atomic E-state index is 11.6. The predicted octanol–water partition coefficient (Wildman–Crippen LogP) is 1.53. The maximum Gasteiger partial charge on any atom is 0.211 e. The molecule has 2 aliphatic heterocycles. The summed E-state index contributed by atoms with van der Waals surface area (Å²) in [6.07, 6.45) is 7.76. The molecule has 1 aromatic rings. The summed E-state index contributed by atoms with van der Waals surface area (Å²) in [7, 11) is -3.15. The van der Waals surface area contributed by atoms with Gasteiger partial charge in [-0.05, 0) is 50.3 Å². The summed E-state index contributed by atoms with van der Waals surface area (Å²) >= 11 is 0. The largest absolute Gasteiger partial charge is 0.369 e. The molecule has 3 heterocycles. The van der Waals surface area contributed by atoms with Gasteiger partial charge in [0.15, 0.2) is 0 Å². The molecule has 2 aliphatic rings. The Morgan fingerprint density at radius 3 is 2.92 bits per heavy atom. The lowest BCUT2D eigenvalue weighted by Gasteiger charge is -2.39. The van der Waals surface area contributed by atoms with Crippen LogP contribution in [0.3, 0.4) is 0 Å². The molecule has 0 aliphatic carbocycles. The molecular formula is C17H27N3O3S. The quantitative estimate of drug-likeness (QED) is 0.840. The van der Waals surface area contributed by atoms with Crippen molar-refractivity contribution >= 4 is 10.0 Å². The molecule has 134 valence electrons. The number of pyridine rings is 1. The van der Waals surface area contributed by atoms with E-state index in [0.717, 1.165) is 45.3 Å². The number of likely N-dealkylation sites (tertiary alicyclic amines) is 1. The van der Waals surface area contributed by atoms with Gasteiger partial charge in [-0.15, -0.1) is 0 Å². The van der Waals surface area contributed by atoms with Gasteiger partial charge in [-0.1, -0.05) is 0 Å². The fourth-order valence-corrected chi connectivity index (χ4v) is 4.34. The molecule has 1 N–H and O–H groups in total.